The molecule has 0 aliphatic rings. The summed E-state index contributed by atoms with van der Waals surface area (Å²) in [4.78, 5) is 72.6. The maximum Gasteiger partial charge on any atom is 0.472 e. The second-order valence-corrected chi connectivity index (χ2v) is 31.3. The number of unbranched alkanes of at least 4 members (excludes halogenated alkanes) is 36. The van der Waals surface area contributed by atoms with Crippen LogP contribution in [0.25, 0.3) is 0 Å². The Balaban J connectivity index is 5.19. The minimum Gasteiger partial charge on any atom is -0.462 e. The fourth-order valence-electron chi connectivity index (χ4n) is 11.2. The minimum atomic E-state index is -4.95. The second kappa shape index (κ2) is 63.5. The predicted octanol–water partition coefficient (Wildman–Crippen LogP) is 21.3. The van der Waals surface area contributed by atoms with Crippen molar-refractivity contribution < 1.29 is 80.2 Å². The van der Waals surface area contributed by atoms with Crippen molar-refractivity contribution >= 4 is 39.5 Å². The number of esters is 4. The number of rotatable bonds is 71. The van der Waals surface area contributed by atoms with Crippen LogP contribution in [0.15, 0.2) is 0 Å². The molecule has 552 valence electrons. The Kier molecular flexibility index (Phi) is 62.2. The molecule has 19 heteroatoms. The van der Waals surface area contributed by atoms with Crippen LogP contribution < -0.4 is 0 Å². The van der Waals surface area contributed by atoms with E-state index in [-0.39, 0.29) is 25.7 Å². The van der Waals surface area contributed by atoms with E-state index in [9.17, 15) is 43.2 Å². The van der Waals surface area contributed by atoms with Gasteiger partial charge < -0.3 is 33.8 Å². The summed E-state index contributed by atoms with van der Waals surface area (Å²) >= 11 is 0. The van der Waals surface area contributed by atoms with Crippen LogP contribution in [0.5, 0.6) is 0 Å². The van der Waals surface area contributed by atoms with E-state index in [1.807, 2.05) is 0 Å². The summed E-state index contributed by atoms with van der Waals surface area (Å²) in [7, 11) is -9.91. The molecule has 0 saturated carbocycles. The predicted molar refractivity (Wildman–Crippen MR) is 377 cm³/mol. The molecule has 0 aromatic rings. The molecule has 6 atom stereocenters. The summed E-state index contributed by atoms with van der Waals surface area (Å²) in [5, 5.41) is 10.6. The monoisotopic (exact) mass is 1370 g/mol. The number of ether oxygens (including phenoxy) is 4. The average Bonchev–Trinajstić information content (AvgIpc) is 2.44. The van der Waals surface area contributed by atoms with Crippen LogP contribution >= 0.6 is 15.6 Å². The molecular weight excluding hydrogens is 1220 g/mol. The first-order chi connectivity index (χ1) is 44.6. The number of hydrogen-bond donors (Lipinski definition) is 3. The molecule has 3 N–H and O–H groups in total. The van der Waals surface area contributed by atoms with Crippen molar-refractivity contribution in [3.63, 3.8) is 0 Å². The molecule has 17 nitrogen and oxygen atoms in total. The van der Waals surface area contributed by atoms with Gasteiger partial charge in [-0.15, -0.1) is 0 Å². The average molecular weight is 1370 g/mol. The summed E-state index contributed by atoms with van der Waals surface area (Å²) in [6.45, 7) is 14.1. The highest BCUT2D eigenvalue weighted by Gasteiger charge is 2.30. The Morgan fingerprint density at radius 3 is 0.763 bits per heavy atom. The summed E-state index contributed by atoms with van der Waals surface area (Å²) in [5.74, 6) is 0.869. The molecule has 0 rings (SSSR count). The maximum absolute atomic E-state index is 13.0. The third kappa shape index (κ3) is 67.0. The van der Waals surface area contributed by atoms with Crippen LogP contribution in [-0.4, -0.2) is 96.7 Å². The standard InChI is InChI=1S/C74H144O17P2/c1-9-67(8)53-45-37-31-33-39-47-55-72(77)85-61-70(91-74(79)57-49-41-29-25-21-17-16-19-23-27-35-43-51-65(4)5)63-89-93(82,83)87-59-68(75)58-86-92(80,81)88-62-69(60-84-71(76)54-46-38-32-30-36-44-52-66(6)7)90-73(78)56-48-40-28-24-20-15-13-11-10-12-14-18-22-26-34-42-50-64(2)3/h64-70,75H,9-63H2,1-8H3,(H,80,81)(H,82,83)/t67?,68-,69-,70-/m1/s1. The second-order valence-electron chi connectivity index (χ2n) is 28.4. The Morgan fingerprint density at radius 1 is 0.301 bits per heavy atom. The lowest BCUT2D eigenvalue weighted by atomic mass is 10.00. The Morgan fingerprint density at radius 2 is 0.516 bits per heavy atom. The summed E-state index contributed by atoms with van der Waals surface area (Å²) in [6, 6.07) is 0. The van der Waals surface area contributed by atoms with Gasteiger partial charge in [-0.05, 0) is 49.4 Å². The highest BCUT2D eigenvalue weighted by atomic mass is 31.2. The smallest absolute Gasteiger partial charge is 0.462 e. The molecule has 0 spiro atoms. The van der Waals surface area contributed by atoms with Crippen LogP contribution in [0.3, 0.4) is 0 Å². The topological polar surface area (TPSA) is 237 Å². The van der Waals surface area contributed by atoms with E-state index in [1.165, 1.54) is 161 Å². The Hall–Kier alpha value is -1.94. The lowest BCUT2D eigenvalue weighted by Gasteiger charge is -2.21. The Labute approximate surface area is 568 Å². The van der Waals surface area contributed by atoms with E-state index in [0.717, 1.165) is 120 Å². The molecule has 0 aliphatic heterocycles. The number of hydrogen-bond acceptors (Lipinski definition) is 15. The fraction of sp³-hybridized carbons (Fsp3) is 0.946. The van der Waals surface area contributed by atoms with Gasteiger partial charge in [0.2, 0.25) is 0 Å². The third-order valence-corrected chi connectivity index (χ3v) is 19.3. The van der Waals surface area contributed by atoms with Crippen LogP contribution in [0.4, 0.5) is 0 Å². The van der Waals surface area contributed by atoms with Crippen molar-refractivity contribution in [2.24, 2.45) is 23.7 Å². The van der Waals surface area contributed by atoms with Gasteiger partial charge in [-0.25, -0.2) is 9.13 Å². The normalized spacial score (nSPS) is 14.5. The van der Waals surface area contributed by atoms with Crippen molar-refractivity contribution in [2.75, 3.05) is 39.6 Å². The van der Waals surface area contributed by atoms with Gasteiger partial charge in [0.25, 0.3) is 0 Å². The number of aliphatic hydroxyl groups is 1. The molecule has 3 unspecified atom stereocenters. The van der Waals surface area contributed by atoms with Crippen LogP contribution in [0, 0.1) is 23.7 Å². The van der Waals surface area contributed by atoms with Gasteiger partial charge in [-0.1, -0.05) is 319 Å². The molecule has 0 fully saturated rings. The molecule has 0 saturated heterocycles. The molecular formula is C74H144O17P2. The van der Waals surface area contributed by atoms with Crippen molar-refractivity contribution in [2.45, 2.75) is 388 Å². The zero-order valence-electron chi connectivity index (χ0n) is 60.9. The largest absolute Gasteiger partial charge is 0.472 e. The van der Waals surface area contributed by atoms with Crippen molar-refractivity contribution in [1.82, 2.24) is 0 Å². The molecule has 0 bridgehead atoms. The lowest BCUT2D eigenvalue weighted by molar-refractivity contribution is -0.161. The van der Waals surface area contributed by atoms with Crippen molar-refractivity contribution in [3.8, 4) is 0 Å². The number of phosphoric acid groups is 2. The minimum absolute atomic E-state index is 0.105. The highest BCUT2D eigenvalue weighted by molar-refractivity contribution is 7.47. The van der Waals surface area contributed by atoms with E-state index in [4.69, 9.17) is 37.0 Å². The molecule has 93 heavy (non-hydrogen) atoms. The van der Waals surface area contributed by atoms with E-state index >= 15 is 0 Å². The first-order valence-electron chi connectivity index (χ1n) is 38.2. The number of aliphatic hydroxyl groups excluding tert-OH is 1. The number of carbonyl (C=O) groups excluding carboxylic acids is 4. The van der Waals surface area contributed by atoms with Gasteiger partial charge >= 0.3 is 39.5 Å². The SMILES string of the molecule is CCC(C)CCCCCCCCC(=O)OC[C@H](COP(=O)(O)OC[C@H](O)COP(=O)(O)OC[C@@H](COC(=O)CCCCCCCCC(C)C)OC(=O)CCCCCCCCCCCCCCCCCCC(C)C)OC(=O)CCCCCCCCCCCCCCC(C)C. The molecule has 0 amide bonds. The van der Waals surface area contributed by atoms with E-state index in [2.05, 4.69) is 55.4 Å². The maximum atomic E-state index is 13.0. The van der Waals surface area contributed by atoms with Gasteiger partial charge in [0.1, 0.15) is 19.3 Å². The van der Waals surface area contributed by atoms with Gasteiger partial charge in [-0.3, -0.25) is 37.3 Å². The summed E-state index contributed by atoms with van der Waals surface area (Å²) in [5.41, 5.74) is 0. The summed E-state index contributed by atoms with van der Waals surface area (Å²) in [6.07, 6.45) is 47.4. The first kappa shape index (κ1) is 91.1. The van der Waals surface area contributed by atoms with Crippen molar-refractivity contribution in [1.29, 1.82) is 0 Å². The lowest BCUT2D eigenvalue weighted by Crippen LogP contribution is -2.30. The van der Waals surface area contributed by atoms with E-state index in [0.29, 0.717) is 31.6 Å². The van der Waals surface area contributed by atoms with E-state index < -0.39 is 97.5 Å². The van der Waals surface area contributed by atoms with Gasteiger partial charge in [0, 0.05) is 25.7 Å². The van der Waals surface area contributed by atoms with Crippen LogP contribution in [0.2, 0.25) is 0 Å². The quantitative estimate of drug-likeness (QED) is 0.0222. The number of phosphoric ester groups is 2. The van der Waals surface area contributed by atoms with E-state index in [1.54, 1.807) is 0 Å². The Bertz CT molecular complexity index is 1840. The third-order valence-electron chi connectivity index (χ3n) is 17.4. The molecule has 0 aliphatic carbocycles. The van der Waals surface area contributed by atoms with Crippen LogP contribution in [0.1, 0.15) is 370 Å². The van der Waals surface area contributed by atoms with Crippen LogP contribution in [-0.2, 0) is 65.4 Å². The molecule has 0 heterocycles. The molecule has 0 aromatic heterocycles. The molecule has 0 aromatic carbocycles. The molecule has 0 radical (unpaired) electrons. The van der Waals surface area contributed by atoms with Gasteiger partial charge in [0.15, 0.2) is 12.2 Å². The zero-order valence-corrected chi connectivity index (χ0v) is 62.7. The number of carbonyl (C=O) groups is 4. The fourth-order valence-corrected chi connectivity index (χ4v) is 12.7. The van der Waals surface area contributed by atoms with Gasteiger partial charge in [-0.2, -0.15) is 0 Å². The first-order valence-corrected chi connectivity index (χ1v) is 41.2. The summed E-state index contributed by atoms with van der Waals surface area (Å²) < 4.78 is 68.4. The zero-order chi connectivity index (χ0) is 68.9. The highest BCUT2D eigenvalue weighted by Crippen LogP contribution is 2.45. The van der Waals surface area contributed by atoms with Crippen molar-refractivity contribution in [3.05, 3.63) is 0 Å². The van der Waals surface area contributed by atoms with Gasteiger partial charge in [0.05, 0.1) is 26.4 Å².